The highest BCUT2D eigenvalue weighted by Gasteiger charge is 2.09. The monoisotopic (exact) mass is 383 g/mol. The van der Waals surface area contributed by atoms with Crippen LogP contribution in [0.2, 0.25) is 20.9 Å². The smallest absolute Gasteiger partial charge is 0.356 e. The van der Waals surface area contributed by atoms with Gasteiger partial charge in [0.25, 0.3) is 0 Å². The molecule has 0 saturated carbocycles. The number of carbonyl (C=O) groups excluding carboxylic acids is 1. The van der Waals surface area contributed by atoms with E-state index in [0.29, 0.717) is 17.4 Å². The van der Waals surface area contributed by atoms with Gasteiger partial charge in [0.1, 0.15) is 10.3 Å². The van der Waals surface area contributed by atoms with E-state index in [9.17, 15) is 4.79 Å². The molecule has 2 aromatic rings. The summed E-state index contributed by atoms with van der Waals surface area (Å²) in [6.45, 7) is 0.321. The highest BCUT2D eigenvalue weighted by atomic mass is 35.5. The van der Waals surface area contributed by atoms with E-state index in [1.807, 2.05) is 0 Å². The van der Waals surface area contributed by atoms with Crippen molar-refractivity contribution >= 4 is 52.4 Å². The molecule has 0 amide bonds. The van der Waals surface area contributed by atoms with Gasteiger partial charge in [-0.15, -0.1) is 0 Å². The Hall–Kier alpha value is -1.25. The molecule has 0 aliphatic rings. The van der Waals surface area contributed by atoms with Gasteiger partial charge < -0.3 is 10.5 Å². The van der Waals surface area contributed by atoms with Crippen molar-refractivity contribution in [3.8, 4) is 0 Å². The fourth-order valence-electron chi connectivity index (χ4n) is 1.14. The number of esters is 1. The zero-order chi connectivity index (χ0) is 16.7. The summed E-state index contributed by atoms with van der Waals surface area (Å²) in [5, 5.41) is 0.478. The Morgan fingerprint density at radius 3 is 2.05 bits per heavy atom. The number of hydrogen-bond acceptors (Lipinski definition) is 7. The van der Waals surface area contributed by atoms with Crippen LogP contribution in [-0.2, 0) is 11.3 Å². The van der Waals surface area contributed by atoms with Crippen LogP contribution in [0.15, 0.2) is 12.1 Å². The average molecular weight is 385 g/mol. The van der Waals surface area contributed by atoms with Gasteiger partial charge in [-0.3, -0.25) is 0 Å². The topological polar surface area (TPSA) is 104 Å². The first kappa shape index (κ1) is 18.8. The molecular formula is C11H9Cl4N5O2. The summed E-state index contributed by atoms with van der Waals surface area (Å²) in [5.74, 6) is -0.596. The number of rotatable bonds is 2. The molecule has 0 bridgehead atoms. The summed E-state index contributed by atoms with van der Waals surface area (Å²) < 4.78 is 4.40. The number of methoxy groups -OCH3 is 1. The summed E-state index contributed by atoms with van der Waals surface area (Å²) >= 11 is 21.9. The van der Waals surface area contributed by atoms with Crippen LogP contribution in [0.4, 0.5) is 0 Å². The van der Waals surface area contributed by atoms with E-state index < -0.39 is 5.97 Å². The molecule has 0 aliphatic heterocycles. The van der Waals surface area contributed by atoms with Crippen LogP contribution in [0.1, 0.15) is 16.2 Å². The highest BCUT2D eigenvalue weighted by Crippen LogP contribution is 2.11. The number of nitrogens with two attached hydrogens (primary N) is 1. The lowest BCUT2D eigenvalue weighted by molar-refractivity contribution is 0.0594. The van der Waals surface area contributed by atoms with E-state index >= 15 is 0 Å². The molecule has 0 aromatic carbocycles. The fraction of sp³-hybridized carbons (Fsp3) is 0.182. The largest absolute Gasteiger partial charge is 0.464 e. The van der Waals surface area contributed by atoms with Crippen LogP contribution in [0.25, 0.3) is 0 Å². The summed E-state index contributed by atoms with van der Waals surface area (Å²) in [5.41, 5.74) is 5.97. The van der Waals surface area contributed by atoms with Crippen molar-refractivity contribution in [3.05, 3.63) is 44.4 Å². The third-order valence-corrected chi connectivity index (χ3v) is 2.72. The van der Waals surface area contributed by atoms with E-state index in [0.717, 1.165) is 0 Å². The minimum atomic E-state index is -0.596. The molecule has 7 nitrogen and oxygen atoms in total. The zero-order valence-electron chi connectivity index (χ0n) is 11.1. The Kier molecular flexibility index (Phi) is 7.70. The molecule has 0 unspecified atom stereocenters. The van der Waals surface area contributed by atoms with Crippen molar-refractivity contribution in [1.29, 1.82) is 0 Å². The van der Waals surface area contributed by atoms with Crippen LogP contribution in [0, 0.1) is 0 Å². The van der Waals surface area contributed by atoms with Crippen molar-refractivity contribution in [3.63, 3.8) is 0 Å². The number of aromatic nitrogens is 4. The van der Waals surface area contributed by atoms with E-state index in [4.69, 9.17) is 52.1 Å². The van der Waals surface area contributed by atoms with Crippen LogP contribution < -0.4 is 5.73 Å². The van der Waals surface area contributed by atoms with Gasteiger partial charge in [0.15, 0.2) is 5.69 Å². The second kappa shape index (κ2) is 9.02. The van der Waals surface area contributed by atoms with Crippen LogP contribution in [0.5, 0.6) is 0 Å². The van der Waals surface area contributed by atoms with Crippen molar-refractivity contribution in [1.82, 2.24) is 19.9 Å². The standard InChI is InChI=1S/C6H4Cl2N2O2.C5H5Cl2N3/c1-12-5(11)3-2-4(7)10-6(8)9-3;6-4-1-3(2-8)9-5(7)10-4/h2H,1H3;1H,2,8H2. The third-order valence-electron chi connectivity index (χ3n) is 1.99. The second-order valence-corrected chi connectivity index (χ2v) is 4.94. The average Bonchev–Trinajstić information content (AvgIpc) is 2.45. The Balaban J connectivity index is 0.000000224. The fourth-order valence-corrected chi connectivity index (χ4v) is 1.99. The lowest BCUT2D eigenvalue weighted by Gasteiger charge is -1.98. The Morgan fingerprint density at radius 2 is 1.59 bits per heavy atom. The minimum absolute atomic E-state index is 0.0440. The first-order valence-corrected chi connectivity index (χ1v) is 7.04. The Labute approximate surface area is 145 Å². The van der Waals surface area contributed by atoms with Crippen molar-refractivity contribution < 1.29 is 9.53 Å². The molecule has 2 aromatic heterocycles. The molecule has 0 fully saturated rings. The van der Waals surface area contributed by atoms with Crippen molar-refractivity contribution in [2.45, 2.75) is 6.54 Å². The van der Waals surface area contributed by atoms with Gasteiger partial charge in [-0.05, 0) is 29.3 Å². The third kappa shape index (κ3) is 6.25. The number of nitrogens with zero attached hydrogens (tertiary/aromatic N) is 4. The predicted octanol–water partition coefficient (Wildman–Crippen LogP) is 2.81. The van der Waals surface area contributed by atoms with E-state index in [1.54, 1.807) is 6.07 Å². The number of hydrogen-bond donors (Lipinski definition) is 1. The molecule has 0 aliphatic carbocycles. The first-order chi connectivity index (χ1) is 10.3. The molecule has 2 heterocycles. The molecular weight excluding hydrogens is 376 g/mol. The minimum Gasteiger partial charge on any atom is -0.464 e. The summed E-state index contributed by atoms with van der Waals surface area (Å²) in [7, 11) is 1.24. The van der Waals surface area contributed by atoms with Crippen molar-refractivity contribution in [2.75, 3.05) is 7.11 Å². The van der Waals surface area contributed by atoms with Gasteiger partial charge in [-0.25, -0.2) is 24.7 Å². The summed E-state index contributed by atoms with van der Waals surface area (Å²) in [6, 6.07) is 2.85. The summed E-state index contributed by atoms with van der Waals surface area (Å²) in [6.07, 6.45) is 0. The van der Waals surface area contributed by atoms with Gasteiger partial charge in [-0.2, -0.15) is 0 Å². The zero-order valence-corrected chi connectivity index (χ0v) is 14.1. The van der Waals surface area contributed by atoms with Gasteiger partial charge in [0.05, 0.1) is 12.8 Å². The van der Waals surface area contributed by atoms with Crippen LogP contribution >= 0.6 is 46.4 Å². The predicted molar refractivity (Wildman–Crippen MR) is 83.3 cm³/mol. The molecule has 0 saturated heterocycles. The molecule has 2 N–H and O–H groups in total. The molecule has 0 radical (unpaired) electrons. The van der Waals surface area contributed by atoms with Gasteiger partial charge in [-0.1, -0.05) is 23.2 Å². The van der Waals surface area contributed by atoms with Gasteiger partial charge >= 0.3 is 5.97 Å². The maximum atomic E-state index is 10.9. The molecule has 0 spiro atoms. The number of carbonyl (C=O) groups is 1. The van der Waals surface area contributed by atoms with E-state index in [2.05, 4.69) is 24.7 Å². The van der Waals surface area contributed by atoms with Crippen LogP contribution in [0.3, 0.4) is 0 Å². The molecule has 2 rings (SSSR count). The second-order valence-electron chi connectivity index (χ2n) is 3.49. The van der Waals surface area contributed by atoms with Gasteiger partial charge in [0.2, 0.25) is 10.6 Å². The van der Waals surface area contributed by atoms with Crippen molar-refractivity contribution in [2.24, 2.45) is 5.73 Å². The molecule has 11 heteroatoms. The van der Waals surface area contributed by atoms with Crippen LogP contribution in [-0.4, -0.2) is 33.0 Å². The normalized spacial score (nSPS) is 9.73. The lowest BCUT2D eigenvalue weighted by atomic mass is 10.4. The first-order valence-electron chi connectivity index (χ1n) is 5.53. The Morgan fingerprint density at radius 1 is 1.05 bits per heavy atom. The van der Waals surface area contributed by atoms with E-state index in [-0.39, 0.29) is 21.4 Å². The molecule has 118 valence electrons. The SMILES string of the molecule is COC(=O)c1cc(Cl)nc(Cl)n1.NCc1cc(Cl)nc(Cl)n1. The van der Waals surface area contributed by atoms with E-state index in [1.165, 1.54) is 13.2 Å². The lowest BCUT2D eigenvalue weighted by Crippen LogP contribution is -2.04. The van der Waals surface area contributed by atoms with Gasteiger partial charge in [0, 0.05) is 12.6 Å². The summed E-state index contributed by atoms with van der Waals surface area (Å²) in [4.78, 5) is 25.5. The number of ether oxygens (including phenoxy) is 1. The maximum Gasteiger partial charge on any atom is 0.356 e. The highest BCUT2D eigenvalue weighted by molar-refractivity contribution is 6.32. The maximum absolute atomic E-state index is 10.9. The number of halogens is 4. The molecule has 22 heavy (non-hydrogen) atoms. The Bertz CT molecular complexity index is 630. The molecule has 0 atom stereocenters. The quantitative estimate of drug-likeness (QED) is 0.482.